The Labute approximate surface area is 414 Å². The van der Waals surface area contributed by atoms with Gasteiger partial charge < -0.3 is 31.7 Å². The van der Waals surface area contributed by atoms with Crippen molar-refractivity contribution in [3.8, 4) is 56.1 Å². The van der Waals surface area contributed by atoms with Gasteiger partial charge in [0, 0.05) is 75.8 Å². The number of aryl methyl sites for hydroxylation is 1. The summed E-state index contributed by atoms with van der Waals surface area (Å²) in [6, 6.07) is 36.1. The van der Waals surface area contributed by atoms with Crippen LogP contribution in [-0.2, 0) is 16.0 Å². The molecule has 0 bridgehead atoms. The van der Waals surface area contributed by atoms with Gasteiger partial charge in [0.15, 0.2) is 11.6 Å². The van der Waals surface area contributed by atoms with E-state index in [1.165, 1.54) is 18.7 Å². The topological polar surface area (TPSA) is 213 Å². The maximum atomic E-state index is 14.5. The first-order valence-electron chi connectivity index (χ1n) is 23.4. The average molecular weight is 955 g/mol. The number of rotatable bonds is 13. The molecule has 16 heteroatoms. The predicted octanol–water partition coefficient (Wildman–Crippen LogP) is 9.83. The molecule has 16 nitrogen and oxygen atoms in total. The normalized spacial score (nSPS) is 13.5. The molecule has 1 fully saturated rings. The largest absolute Gasteiger partial charge is 0.439 e. The van der Waals surface area contributed by atoms with Crippen molar-refractivity contribution in [1.29, 1.82) is 0 Å². The summed E-state index contributed by atoms with van der Waals surface area (Å²) in [4.78, 5) is 54.2. The van der Waals surface area contributed by atoms with Gasteiger partial charge in [-0.2, -0.15) is 10.2 Å². The summed E-state index contributed by atoms with van der Waals surface area (Å²) in [5.74, 6) is 1.15. The maximum absolute atomic E-state index is 14.5. The van der Waals surface area contributed by atoms with E-state index in [9.17, 15) is 14.4 Å². The van der Waals surface area contributed by atoms with E-state index in [0.29, 0.717) is 76.3 Å². The highest BCUT2D eigenvalue weighted by Crippen LogP contribution is 2.44. The average Bonchev–Trinajstić information content (AvgIpc) is 3.95. The first kappa shape index (κ1) is 46.3. The second-order valence-electron chi connectivity index (χ2n) is 17.8. The van der Waals surface area contributed by atoms with Crippen LogP contribution in [0, 0.1) is 12.8 Å². The first-order chi connectivity index (χ1) is 34.9. The summed E-state index contributed by atoms with van der Waals surface area (Å²) in [7, 11) is 0. The number of carbonyl (C=O) groups excluding carboxylic acids is 3. The Morgan fingerprint density at radius 2 is 1.39 bits per heavy atom. The molecule has 0 aliphatic carbocycles. The van der Waals surface area contributed by atoms with E-state index in [1.54, 1.807) is 11.4 Å². The Bertz CT molecular complexity index is 3560. The minimum Gasteiger partial charge on any atom is -0.439 e. The number of benzene rings is 4. The molecule has 6 N–H and O–H groups in total. The van der Waals surface area contributed by atoms with E-state index in [1.807, 2.05) is 138 Å². The van der Waals surface area contributed by atoms with Gasteiger partial charge in [-0.1, -0.05) is 67.8 Å². The molecule has 0 saturated carbocycles. The van der Waals surface area contributed by atoms with E-state index in [0.717, 1.165) is 68.7 Å². The number of aromatic nitrogens is 7. The van der Waals surface area contributed by atoms with Crippen LogP contribution in [0.5, 0.6) is 11.6 Å². The summed E-state index contributed by atoms with van der Waals surface area (Å²) in [5.41, 5.74) is 25.3. The molecule has 0 spiro atoms. The number of amides is 3. The number of likely N-dealkylation sites (tertiary alicyclic amines) is 1. The summed E-state index contributed by atoms with van der Waals surface area (Å²) in [5, 5.41) is 14.9. The van der Waals surface area contributed by atoms with Crippen LogP contribution in [0.3, 0.4) is 0 Å². The molecule has 3 amide bonds. The summed E-state index contributed by atoms with van der Waals surface area (Å²) < 4.78 is 9.71. The van der Waals surface area contributed by atoms with Gasteiger partial charge >= 0.3 is 0 Å². The predicted molar refractivity (Wildman–Crippen MR) is 280 cm³/mol. The second kappa shape index (κ2) is 19.5. The molecule has 1 aliphatic rings. The molecule has 1 aliphatic heterocycles. The van der Waals surface area contributed by atoms with E-state index in [-0.39, 0.29) is 23.6 Å². The lowest BCUT2D eigenvalue weighted by Crippen LogP contribution is -2.40. The molecule has 358 valence electrons. The van der Waals surface area contributed by atoms with Gasteiger partial charge in [0.25, 0.3) is 11.8 Å². The Morgan fingerprint density at radius 1 is 0.764 bits per heavy atom. The number of hydrogen-bond acceptors (Lipinski definition) is 11. The monoisotopic (exact) mass is 954 g/mol. The number of anilines is 4. The van der Waals surface area contributed by atoms with Crippen molar-refractivity contribution < 1.29 is 19.1 Å². The molecule has 6 heterocycles. The number of carbonyl (C=O) groups is 3. The van der Waals surface area contributed by atoms with Gasteiger partial charge in [-0.25, -0.2) is 24.0 Å². The van der Waals surface area contributed by atoms with E-state index in [4.69, 9.17) is 21.3 Å². The molecular formula is C56H50N12O4. The van der Waals surface area contributed by atoms with E-state index in [2.05, 4.69) is 43.8 Å². The molecule has 5 aromatic heterocycles. The highest BCUT2D eigenvalue weighted by atomic mass is 16.5. The zero-order chi connectivity index (χ0) is 50.0. The fourth-order valence-electron chi connectivity index (χ4n) is 9.42. The third-order valence-corrected chi connectivity index (χ3v) is 12.9. The minimum atomic E-state index is -0.303. The summed E-state index contributed by atoms with van der Waals surface area (Å²) in [6.07, 6.45) is 8.24. The quantitative estimate of drug-likeness (QED) is 0.0799. The number of nitrogens with zero attached hydrogens (tertiary/aromatic N) is 8. The Hall–Kier alpha value is -9.44. The zero-order valence-corrected chi connectivity index (χ0v) is 39.7. The number of nitrogen functional groups attached to an aromatic ring is 2. The van der Waals surface area contributed by atoms with Crippen molar-refractivity contribution in [3.05, 3.63) is 176 Å². The van der Waals surface area contributed by atoms with Crippen LogP contribution >= 0.6 is 0 Å². The number of fused-ring (bicyclic) bond motifs is 2. The standard InChI is InChI=1S/C56H50N12O4/c1-5-46(69)64-41-21-15-36(16-22-41)44-30-67-51(53(57)59-31-61-67)48(44)37-11-13-40(14-12-37)56(71)66-27-7-9-35(29-66)28-45-49(38-17-23-42(24-18-38)65-55(70)33(2)3)50(52-54(58)60-32-62-68(45)52)39-19-25-43(26-20-39)72-47-10-6-8-34(4)63-47/h5-6,8,10-26,30-32,35H,1-2,7,9,27-29H2,3-4H3,(H,64,69)(H,65,70)(H2,57,59,61)(H2,58,60,62). The highest BCUT2D eigenvalue weighted by Gasteiger charge is 2.30. The van der Waals surface area contributed by atoms with E-state index < -0.39 is 0 Å². The zero-order valence-electron chi connectivity index (χ0n) is 39.7. The fraction of sp³-hybridized carbons (Fsp3) is 0.143. The van der Waals surface area contributed by atoms with Crippen LogP contribution in [0.2, 0.25) is 0 Å². The molecule has 10 rings (SSSR count). The van der Waals surface area contributed by atoms with Crippen LogP contribution < -0.4 is 26.8 Å². The molecule has 1 saturated heterocycles. The summed E-state index contributed by atoms with van der Waals surface area (Å²) in [6.45, 7) is 12.0. The summed E-state index contributed by atoms with van der Waals surface area (Å²) >= 11 is 0. The lowest BCUT2D eigenvalue weighted by molar-refractivity contribution is -0.113. The smallest absolute Gasteiger partial charge is 0.253 e. The van der Waals surface area contributed by atoms with Crippen molar-refractivity contribution >= 4 is 51.8 Å². The number of pyridine rings is 1. The minimum absolute atomic E-state index is 0.0596. The van der Waals surface area contributed by atoms with E-state index >= 15 is 0 Å². The molecule has 0 radical (unpaired) electrons. The van der Waals surface area contributed by atoms with Crippen LogP contribution in [0.4, 0.5) is 23.0 Å². The molecule has 1 atom stereocenters. The fourth-order valence-corrected chi connectivity index (χ4v) is 9.42. The van der Waals surface area contributed by atoms with Crippen LogP contribution in [0.1, 0.15) is 41.5 Å². The van der Waals surface area contributed by atoms with Crippen molar-refractivity contribution in [2.45, 2.75) is 33.1 Å². The van der Waals surface area contributed by atoms with Gasteiger partial charge in [0.2, 0.25) is 11.8 Å². The highest BCUT2D eigenvalue weighted by molar-refractivity contribution is 6.04. The SMILES string of the molecule is C=CC(=O)Nc1ccc(-c2cn3ncnc(N)c3c2-c2ccc(C(=O)N3CCCC(Cc4c(-c5ccc(NC(=O)C(=C)C)cc5)c(-c5ccc(Oc6cccc(C)n6)cc5)c5c(N)ncnn45)C3)cc2)cc1. The number of nitrogens with one attached hydrogen (secondary N) is 2. The maximum Gasteiger partial charge on any atom is 0.253 e. The van der Waals surface area contributed by atoms with Crippen LogP contribution in [0.15, 0.2) is 159 Å². The van der Waals surface area contributed by atoms with Crippen LogP contribution in [-0.4, -0.2) is 69.9 Å². The van der Waals surface area contributed by atoms with Gasteiger partial charge in [-0.05, 0) is 122 Å². The third kappa shape index (κ3) is 9.23. The van der Waals surface area contributed by atoms with Crippen molar-refractivity contribution in [1.82, 2.24) is 39.1 Å². The molecule has 72 heavy (non-hydrogen) atoms. The second-order valence-corrected chi connectivity index (χ2v) is 17.8. The lowest BCUT2D eigenvalue weighted by atomic mass is 9.88. The molecule has 4 aromatic carbocycles. The lowest BCUT2D eigenvalue weighted by Gasteiger charge is -2.33. The van der Waals surface area contributed by atoms with Crippen molar-refractivity contribution in [2.75, 3.05) is 35.2 Å². The third-order valence-electron chi connectivity index (χ3n) is 12.9. The number of piperidine rings is 1. The number of ether oxygens (including phenoxy) is 1. The van der Waals surface area contributed by atoms with Crippen molar-refractivity contribution in [3.63, 3.8) is 0 Å². The number of nitrogens with two attached hydrogens (primary N) is 2. The molecule has 9 aromatic rings. The van der Waals surface area contributed by atoms with Gasteiger partial charge in [0.1, 0.15) is 29.4 Å². The van der Waals surface area contributed by atoms with Crippen molar-refractivity contribution in [2.24, 2.45) is 5.92 Å². The number of hydrogen-bond donors (Lipinski definition) is 4. The Morgan fingerprint density at radius 3 is 2.08 bits per heavy atom. The van der Waals surface area contributed by atoms with Gasteiger partial charge in [-0.15, -0.1) is 0 Å². The molecular weight excluding hydrogens is 905 g/mol. The Balaban J connectivity index is 0.960. The first-order valence-corrected chi connectivity index (χ1v) is 23.4. The van der Waals surface area contributed by atoms with Gasteiger partial charge in [-0.3, -0.25) is 14.4 Å². The van der Waals surface area contributed by atoms with Gasteiger partial charge in [0.05, 0.1) is 5.69 Å². The Kier molecular flexibility index (Phi) is 12.5. The van der Waals surface area contributed by atoms with Crippen LogP contribution in [0.25, 0.3) is 55.5 Å². The molecule has 1 unspecified atom stereocenters.